The number of nitrogens with one attached hydrogen (secondary N) is 1. The third kappa shape index (κ3) is 42.5. The fourth-order valence-corrected chi connectivity index (χ4v) is 7.77. The van der Waals surface area contributed by atoms with Gasteiger partial charge in [0.1, 0.15) is 6.10 Å². The molecule has 57 heavy (non-hydrogen) atoms. The van der Waals surface area contributed by atoms with Gasteiger partial charge in [-0.25, -0.2) is 0 Å². The van der Waals surface area contributed by atoms with E-state index in [1.165, 1.54) is 212 Å². The highest BCUT2D eigenvalue weighted by Gasteiger charge is 2.22. The molecular formula is C52H99NO4. The zero-order valence-corrected chi connectivity index (χ0v) is 38.2. The van der Waals surface area contributed by atoms with E-state index in [0.29, 0.717) is 6.42 Å². The van der Waals surface area contributed by atoms with E-state index in [0.717, 1.165) is 32.1 Å². The van der Waals surface area contributed by atoms with Crippen LogP contribution in [0, 0.1) is 0 Å². The highest BCUT2D eigenvalue weighted by molar-refractivity contribution is 5.80. The number of aliphatic hydroxyl groups is 3. The average molecular weight is 802 g/mol. The molecule has 336 valence electrons. The molecule has 5 heteroatoms. The van der Waals surface area contributed by atoms with Crippen molar-refractivity contribution < 1.29 is 20.1 Å². The molecular weight excluding hydrogens is 703 g/mol. The summed E-state index contributed by atoms with van der Waals surface area (Å²) in [5.41, 5.74) is 0. The van der Waals surface area contributed by atoms with Crippen LogP contribution in [0.1, 0.15) is 264 Å². The molecule has 0 bridgehead atoms. The minimum Gasteiger partial charge on any atom is -0.394 e. The Hall–Kier alpha value is -1.43. The predicted molar refractivity (Wildman–Crippen MR) is 250 cm³/mol. The number of carbonyl (C=O) groups excluding carboxylic acids is 1. The van der Waals surface area contributed by atoms with Crippen molar-refractivity contribution in [2.75, 3.05) is 6.61 Å². The molecule has 0 aliphatic rings. The Morgan fingerprint density at radius 2 is 0.737 bits per heavy atom. The van der Waals surface area contributed by atoms with Crippen LogP contribution in [-0.2, 0) is 4.79 Å². The summed E-state index contributed by atoms with van der Waals surface area (Å²) in [7, 11) is 0. The van der Waals surface area contributed by atoms with E-state index >= 15 is 0 Å². The van der Waals surface area contributed by atoms with E-state index in [2.05, 4.69) is 43.5 Å². The molecule has 0 aromatic carbocycles. The summed E-state index contributed by atoms with van der Waals surface area (Å²) in [5, 5.41) is 33.3. The Morgan fingerprint density at radius 3 is 1.11 bits per heavy atom. The van der Waals surface area contributed by atoms with Gasteiger partial charge in [0.05, 0.1) is 18.8 Å². The minimum absolute atomic E-state index is 0.364. The third-order valence-corrected chi connectivity index (χ3v) is 11.8. The number of amides is 1. The first-order valence-corrected chi connectivity index (χ1v) is 25.3. The molecule has 4 N–H and O–H groups in total. The lowest BCUT2D eigenvalue weighted by molar-refractivity contribution is -0.131. The van der Waals surface area contributed by atoms with Gasteiger partial charge < -0.3 is 20.6 Å². The maximum Gasteiger partial charge on any atom is 0.249 e. The van der Waals surface area contributed by atoms with Crippen molar-refractivity contribution in [1.82, 2.24) is 5.32 Å². The van der Waals surface area contributed by atoms with Crippen LogP contribution in [0.3, 0.4) is 0 Å². The molecule has 0 aliphatic carbocycles. The first-order valence-electron chi connectivity index (χ1n) is 25.3. The molecule has 0 fully saturated rings. The number of hydrogen-bond donors (Lipinski definition) is 4. The van der Waals surface area contributed by atoms with Gasteiger partial charge >= 0.3 is 0 Å². The first kappa shape index (κ1) is 55.6. The number of hydrogen-bond acceptors (Lipinski definition) is 4. The maximum atomic E-state index is 12.5. The van der Waals surface area contributed by atoms with E-state index in [1.54, 1.807) is 6.08 Å². The molecule has 0 saturated heterocycles. The SMILES string of the molecule is CCCCC/C=C\C=C/CCCCCCCCCCCC(O)C(=O)NC(CO)C(O)/C=C/CCCCCCCCCCCCCCCCCCCCCCCCC. The van der Waals surface area contributed by atoms with Crippen LogP contribution in [-0.4, -0.2) is 46.1 Å². The minimum atomic E-state index is -1.10. The molecule has 3 atom stereocenters. The molecule has 0 radical (unpaired) electrons. The van der Waals surface area contributed by atoms with Gasteiger partial charge in [-0.2, -0.15) is 0 Å². The molecule has 0 heterocycles. The van der Waals surface area contributed by atoms with Crippen LogP contribution in [0.15, 0.2) is 36.5 Å². The predicted octanol–water partition coefficient (Wildman–Crippen LogP) is 15.1. The number of allylic oxidation sites excluding steroid dienone is 5. The van der Waals surface area contributed by atoms with Crippen molar-refractivity contribution in [3.63, 3.8) is 0 Å². The van der Waals surface area contributed by atoms with Crippen molar-refractivity contribution >= 4 is 5.91 Å². The van der Waals surface area contributed by atoms with E-state index in [-0.39, 0.29) is 6.61 Å². The van der Waals surface area contributed by atoms with Crippen LogP contribution >= 0.6 is 0 Å². The summed E-state index contributed by atoms with van der Waals surface area (Å²) in [4.78, 5) is 12.5. The second-order valence-corrected chi connectivity index (χ2v) is 17.4. The monoisotopic (exact) mass is 802 g/mol. The lowest BCUT2D eigenvalue weighted by atomic mass is 10.0. The topological polar surface area (TPSA) is 89.8 Å². The maximum absolute atomic E-state index is 12.5. The summed E-state index contributed by atoms with van der Waals surface area (Å²) < 4.78 is 0. The Bertz CT molecular complexity index is 885. The van der Waals surface area contributed by atoms with Crippen molar-refractivity contribution in [2.45, 2.75) is 283 Å². The van der Waals surface area contributed by atoms with Crippen molar-refractivity contribution in [1.29, 1.82) is 0 Å². The summed E-state index contributed by atoms with van der Waals surface area (Å²) >= 11 is 0. The Balaban J connectivity index is 3.61. The van der Waals surface area contributed by atoms with Crippen molar-refractivity contribution in [2.24, 2.45) is 0 Å². The van der Waals surface area contributed by atoms with Gasteiger partial charge in [0.15, 0.2) is 0 Å². The van der Waals surface area contributed by atoms with Gasteiger partial charge in [-0.1, -0.05) is 256 Å². The zero-order chi connectivity index (χ0) is 41.5. The first-order chi connectivity index (χ1) is 28.1. The van der Waals surface area contributed by atoms with E-state index in [4.69, 9.17) is 0 Å². The Morgan fingerprint density at radius 1 is 0.439 bits per heavy atom. The number of aliphatic hydroxyl groups excluding tert-OH is 3. The second kappa shape index (κ2) is 47.3. The highest BCUT2D eigenvalue weighted by atomic mass is 16.3. The molecule has 0 aromatic rings. The van der Waals surface area contributed by atoms with Gasteiger partial charge in [0.25, 0.3) is 0 Å². The fourth-order valence-electron chi connectivity index (χ4n) is 7.77. The zero-order valence-electron chi connectivity index (χ0n) is 38.2. The van der Waals surface area contributed by atoms with Crippen molar-refractivity contribution in [3.8, 4) is 0 Å². The van der Waals surface area contributed by atoms with Gasteiger partial charge in [0.2, 0.25) is 5.91 Å². The van der Waals surface area contributed by atoms with E-state index < -0.39 is 24.2 Å². The molecule has 0 aliphatic heterocycles. The molecule has 0 rings (SSSR count). The average Bonchev–Trinajstić information content (AvgIpc) is 3.22. The van der Waals surface area contributed by atoms with E-state index in [1.807, 2.05) is 6.08 Å². The molecule has 0 saturated carbocycles. The summed E-state index contributed by atoms with van der Waals surface area (Å²) in [6, 6.07) is -0.800. The largest absolute Gasteiger partial charge is 0.394 e. The van der Waals surface area contributed by atoms with Crippen molar-refractivity contribution in [3.05, 3.63) is 36.5 Å². The van der Waals surface area contributed by atoms with Crippen LogP contribution in [0.5, 0.6) is 0 Å². The lowest BCUT2D eigenvalue weighted by Crippen LogP contribution is -2.48. The smallest absolute Gasteiger partial charge is 0.249 e. The molecule has 0 aromatic heterocycles. The molecule has 1 amide bonds. The van der Waals surface area contributed by atoms with Crippen LogP contribution in [0.25, 0.3) is 0 Å². The number of carbonyl (C=O) groups is 1. The van der Waals surface area contributed by atoms with Crippen LogP contribution in [0.4, 0.5) is 0 Å². The summed E-state index contributed by atoms with van der Waals surface area (Å²) in [6.45, 7) is 4.17. The summed E-state index contributed by atoms with van der Waals surface area (Å²) in [6.07, 6.45) is 60.5. The molecule has 5 nitrogen and oxygen atoms in total. The van der Waals surface area contributed by atoms with Gasteiger partial charge in [-0.3, -0.25) is 4.79 Å². The van der Waals surface area contributed by atoms with Crippen LogP contribution in [0.2, 0.25) is 0 Å². The third-order valence-electron chi connectivity index (χ3n) is 11.8. The molecule has 3 unspecified atom stereocenters. The quantitative estimate of drug-likeness (QED) is 0.0280. The lowest BCUT2D eigenvalue weighted by Gasteiger charge is -2.21. The number of unbranched alkanes of at least 4 members (excludes halogenated alkanes) is 35. The van der Waals surface area contributed by atoms with Gasteiger partial charge in [0, 0.05) is 0 Å². The second-order valence-electron chi connectivity index (χ2n) is 17.4. The Labute approximate surface area is 355 Å². The van der Waals surface area contributed by atoms with Gasteiger partial charge in [-0.05, 0) is 44.9 Å². The Kier molecular flexibility index (Phi) is 46.1. The fraction of sp³-hybridized carbons (Fsp3) is 0.865. The highest BCUT2D eigenvalue weighted by Crippen LogP contribution is 2.17. The van der Waals surface area contributed by atoms with Crippen LogP contribution < -0.4 is 5.32 Å². The summed E-state index contributed by atoms with van der Waals surface area (Å²) in [5.74, 6) is -0.505. The number of rotatable bonds is 46. The van der Waals surface area contributed by atoms with E-state index in [9.17, 15) is 20.1 Å². The normalized spacial score (nSPS) is 13.7. The standard InChI is InChI=1S/C52H99NO4/c1-3-5-7-9-11-13-15-17-19-21-23-24-25-26-27-28-29-31-32-34-36-38-40-42-44-46-50(55)49(48-54)53-52(57)51(56)47-45-43-41-39-37-35-33-30-22-20-18-16-14-12-10-8-6-4-2/h12,14,16,18,44,46,49-51,54-56H,3-11,13,15,17,19-43,45,47-48H2,1-2H3,(H,53,57)/b14-12-,18-16-,46-44+. The molecule has 0 spiro atoms. The van der Waals surface area contributed by atoms with Gasteiger partial charge in [-0.15, -0.1) is 0 Å².